The summed E-state index contributed by atoms with van der Waals surface area (Å²) < 4.78 is 1.87. The van der Waals surface area contributed by atoms with E-state index in [1.54, 1.807) is 18.3 Å². The van der Waals surface area contributed by atoms with E-state index in [-0.39, 0.29) is 17.5 Å². The number of imidazole rings is 1. The third kappa shape index (κ3) is 2.54. The van der Waals surface area contributed by atoms with Crippen LogP contribution in [0.25, 0.3) is 11.0 Å². The predicted octanol–water partition coefficient (Wildman–Crippen LogP) is 3.60. The zero-order chi connectivity index (χ0) is 16.7. The van der Waals surface area contributed by atoms with Gasteiger partial charge in [-0.25, -0.2) is 9.78 Å². The highest BCUT2D eigenvalue weighted by Gasteiger charge is 2.21. The minimum absolute atomic E-state index is 0.0586. The topological polar surface area (TPSA) is 82.9 Å². The van der Waals surface area contributed by atoms with Crippen LogP contribution >= 0.6 is 0 Å². The van der Waals surface area contributed by atoms with Crippen LogP contribution in [0.4, 0.5) is 11.5 Å². The highest BCUT2D eigenvalue weighted by Crippen LogP contribution is 2.31. The van der Waals surface area contributed by atoms with E-state index in [9.17, 15) is 9.90 Å². The number of phenols is 1. The Labute approximate surface area is 139 Å². The molecule has 1 fully saturated rings. The van der Waals surface area contributed by atoms with E-state index in [1.807, 2.05) is 23.6 Å². The molecule has 6 nitrogen and oxygen atoms in total. The molecule has 24 heavy (non-hydrogen) atoms. The Morgan fingerprint density at radius 3 is 2.83 bits per heavy atom. The van der Waals surface area contributed by atoms with Gasteiger partial charge in [-0.15, -0.1) is 0 Å². The summed E-state index contributed by atoms with van der Waals surface area (Å²) >= 11 is 0. The molecular weight excluding hydrogens is 304 g/mol. The fraction of sp³-hybridized carbons (Fsp3) is 0.333. The van der Waals surface area contributed by atoms with Crippen LogP contribution in [0, 0.1) is 6.92 Å². The normalized spacial score (nSPS) is 15.2. The van der Waals surface area contributed by atoms with Gasteiger partial charge in [0.05, 0.1) is 17.2 Å². The third-order valence-corrected chi connectivity index (χ3v) is 4.76. The summed E-state index contributed by atoms with van der Waals surface area (Å²) in [6.07, 6.45) is 6.14. The summed E-state index contributed by atoms with van der Waals surface area (Å²) in [5, 5.41) is 12.8. The van der Waals surface area contributed by atoms with Crippen LogP contribution in [-0.4, -0.2) is 19.6 Å². The molecule has 3 aromatic rings. The van der Waals surface area contributed by atoms with Crippen molar-refractivity contribution >= 4 is 22.5 Å². The zero-order valence-corrected chi connectivity index (χ0v) is 13.5. The number of nitrogens with one attached hydrogen (secondary N) is 2. The van der Waals surface area contributed by atoms with Gasteiger partial charge < -0.3 is 15.4 Å². The number of hydrogen-bond donors (Lipinski definition) is 3. The number of anilines is 2. The van der Waals surface area contributed by atoms with Crippen molar-refractivity contribution in [1.29, 1.82) is 0 Å². The van der Waals surface area contributed by atoms with Gasteiger partial charge in [0.1, 0.15) is 11.6 Å². The molecule has 0 amide bonds. The lowest BCUT2D eigenvalue weighted by Gasteiger charge is -2.12. The highest BCUT2D eigenvalue weighted by molar-refractivity contribution is 5.78. The molecule has 0 aliphatic heterocycles. The number of pyridine rings is 1. The van der Waals surface area contributed by atoms with Crippen LogP contribution in [0.1, 0.15) is 37.3 Å². The van der Waals surface area contributed by atoms with Crippen molar-refractivity contribution in [1.82, 2.24) is 14.5 Å². The lowest BCUT2D eigenvalue weighted by Crippen LogP contribution is -2.20. The standard InChI is InChI=1S/C18H20N4O2/c1-11-8-13(23)6-7-14(11)20-17-9-16-15(10-19-17)21-18(24)22(16)12-4-2-3-5-12/h6-10,12,23H,2-5H2,1H3,(H,19,20)(H,21,24). The molecule has 3 N–H and O–H groups in total. The Kier molecular flexibility index (Phi) is 3.52. The van der Waals surface area contributed by atoms with Crippen molar-refractivity contribution in [3.8, 4) is 5.75 Å². The van der Waals surface area contributed by atoms with Crippen LogP contribution in [0.3, 0.4) is 0 Å². The summed E-state index contributed by atoms with van der Waals surface area (Å²) in [7, 11) is 0. The summed E-state index contributed by atoms with van der Waals surface area (Å²) in [6.45, 7) is 1.92. The molecule has 6 heteroatoms. The molecule has 0 spiro atoms. The van der Waals surface area contributed by atoms with Crippen molar-refractivity contribution in [3.05, 3.63) is 46.5 Å². The number of phenolic OH excluding ortho intramolecular Hbond substituents is 1. The summed E-state index contributed by atoms with van der Waals surface area (Å²) in [5.74, 6) is 0.921. The monoisotopic (exact) mass is 324 g/mol. The van der Waals surface area contributed by atoms with Crippen molar-refractivity contribution < 1.29 is 5.11 Å². The molecule has 2 aromatic heterocycles. The highest BCUT2D eigenvalue weighted by atomic mass is 16.3. The van der Waals surface area contributed by atoms with Gasteiger partial charge in [0.2, 0.25) is 0 Å². The van der Waals surface area contributed by atoms with Gasteiger partial charge in [0, 0.05) is 17.8 Å². The van der Waals surface area contributed by atoms with E-state index in [2.05, 4.69) is 15.3 Å². The lowest BCUT2D eigenvalue weighted by molar-refractivity contribution is 0.475. The van der Waals surface area contributed by atoms with E-state index in [0.717, 1.165) is 35.1 Å². The molecule has 4 rings (SSSR count). The van der Waals surface area contributed by atoms with Gasteiger partial charge in [0.25, 0.3) is 0 Å². The first-order valence-electron chi connectivity index (χ1n) is 8.29. The van der Waals surface area contributed by atoms with Crippen LogP contribution in [0.2, 0.25) is 0 Å². The molecule has 0 bridgehead atoms. The maximum Gasteiger partial charge on any atom is 0.326 e. The minimum atomic E-state index is -0.0586. The largest absolute Gasteiger partial charge is 0.508 e. The molecule has 2 heterocycles. The quantitative estimate of drug-likeness (QED) is 0.643. The molecule has 0 unspecified atom stereocenters. The van der Waals surface area contributed by atoms with E-state index < -0.39 is 0 Å². The van der Waals surface area contributed by atoms with Crippen LogP contribution in [-0.2, 0) is 0 Å². The van der Waals surface area contributed by atoms with E-state index in [0.29, 0.717) is 5.82 Å². The van der Waals surface area contributed by atoms with Gasteiger partial charge in [-0.1, -0.05) is 12.8 Å². The third-order valence-electron chi connectivity index (χ3n) is 4.76. The van der Waals surface area contributed by atoms with Crippen molar-refractivity contribution in [2.45, 2.75) is 38.6 Å². The zero-order valence-electron chi connectivity index (χ0n) is 13.5. The van der Waals surface area contributed by atoms with Gasteiger partial charge in [0.15, 0.2) is 0 Å². The number of rotatable bonds is 3. The van der Waals surface area contributed by atoms with E-state index in [4.69, 9.17) is 0 Å². The molecule has 0 saturated heterocycles. The molecular formula is C18H20N4O2. The smallest absolute Gasteiger partial charge is 0.326 e. The molecule has 0 atom stereocenters. The molecule has 124 valence electrons. The van der Waals surface area contributed by atoms with Gasteiger partial charge >= 0.3 is 5.69 Å². The van der Waals surface area contributed by atoms with Crippen LogP contribution in [0.5, 0.6) is 5.75 Å². The predicted molar refractivity (Wildman–Crippen MR) is 94.0 cm³/mol. The number of nitrogens with zero attached hydrogens (tertiary/aromatic N) is 2. The van der Waals surface area contributed by atoms with Crippen LogP contribution < -0.4 is 11.0 Å². The fourth-order valence-electron chi connectivity index (χ4n) is 3.54. The maximum absolute atomic E-state index is 12.3. The second-order valence-corrected chi connectivity index (χ2v) is 6.45. The van der Waals surface area contributed by atoms with Crippen molar-refractivity contribution in [3.63, 3.8) is 0 Å². The molecule has 1 aliphatic rings. The first-order valence-corrected chi connectivity index (χ1v) is 8.29. The lowest BCUT2D eigenvalue weighted by atomic mass is 10.2. The molecule has 0 radical (unpaired) electrons. The van der Waals surface area contributed by atoms with Gasteiger partial charge in [-0.3, -0.25) is 4.57 Å². The van der Waals surface area contributed by atoms with E-state index >= 15 is 0 Å². The number of benzene rings is 1. The average molecular weight is 324 g/mol. The molecule has 1 aliphatic carbocycles. The number of fused-ring (bicyclic) bond motifs is 1. The second kappa shape index (κ2) is 5.70. The van der Waals surface area contributed by atoms with Crippen molar-refractivity contribution in [2.75, 3.05) is 5.32 Å². The van der Waals surface area contributed by atoms with Crippen molar-refractivity contribution in [2.24, 2.45) is 0 Å². The van der Waals surface area contributed by atoms with Gasteiger partial charge in [-0.2, -0.15) is 0 Å². The number of aryl methyl sites for hydroxylation is 1. The first kappa shape index (κ1) is 14.8. The summed E-state index contributed by atoms with van der Waals surface area (Å²) in [4.78, 5) is 19.6. The number of aromatic hydroxyl groups is 1. The number of hydrogen-bond acceptors (Lipinski definition) is 4. The summed E-state index contributed by atoms with van der Waals surface area (Å²) in [5.41, 5.74) is 3.40. The maximum atomic E-state index is 12.3. The Balaban J connectivity index is 1.74. The van der Waals surface area contributed by atoms with E-state index in [1.165, 1.54) is 12.8 Å². The number of H-pyrrole nitrogens is 1. The SMILES string of the molecule is Cc1cc(O)ccc1Nc1cc2c(cn1)[nH]c(=O)n2C1CCCC1. The molecule has 1 aromatic carbocycles. The molecule has 1 saturated carbocycles. The Morgan fingerprint density at radius 1 is 1.29 bits per heavy atom. The minimum Gasteiger partial charge on any atom is -0.508 e. The fourth-order valence-corrected chi connectivity index (χ4v) is 3.54. The number of aromatic amines is 1. The Morgan fingerprint density at radius 2 is 2.08 bits per heavy atom. The summed E-state index contributed by atoms with van der Waals surface area (Å²) in [6, 6.07) is 7.34. The van der Waals surface area contributed by atoms with Crippen LogP contribution in [0.15, 0.2) is 35.3 Å². The average Bonchev–Trinajstić information content (AvgIpc) is 3.16. The second-order valence-electron chi connectivity index (χ2n) is 6.45. The van der Waals surface area contributed by atoms with Gasteiger partial charge in [-0.05, 0) is 43.5 Å². The Bertz CT molecular complexity index is 951. The Hall–Kier alpha value is -2.76. The number of aromatic nitrogens is 3. The first-order chi connectivity index (χ1) is 11.6.